The quantitative estimate of drug-likeness (QED) is 0.610. The summed E-state index contributed by atoms with van der Waals surface area (Å²) in [5.41, 5.74) is -1.95. The first-order chi connectivity index (χ1) is 9.75. The average molecular weight is 294 g/mol. The van der Waals surface area contributed by atoms with Crippen LogP contribution in [0.3, 0.4) is 0 Å². The summed E-state index contributed by atoms with van der Waals surface area (Å²) < 4.78 is 0. The lowest BCUT2D eigenvalue weighted by Crippen LogP contribution is -2.62. The molecule has 2 heterocycles. The number of nitrogens with zero attached hydrogens (tertiary/aromatic N) is 3. The lowest BCUT2D eigenvalue weighted by molar-refractivity contribution is -0.385. The molecule has 0 bridgehead atoms. The number of carbonyl (C=O) groups excluding carboxylic acids is 1. The van der Waals surface area contributed by atoms with Crippen LogP contribution in [-0.4, -0.2) is 45.5 Å². The number of pyridine rings is 1. The molecule has 1 fully saturated rings. The summed E-state index contributed by atoms with van der Waals surface area (Å²) in [6.07, 6.45) is 0.904. The van der Waals surface area contributed by atoms with Gasteiger partial charge in [-0.2, -0.15) is 0 Å². The molecule has 112 valence electrons. The van der Waals surface area contributed by atoms with Gasteiger partial charge < -0.3 is 15.3 Å². The highest BCUT2D eigenvalue weighted by atomic mass is 16.6. The smallest absolute Gasteiger partial charge is 0.342 e. The summed E-state index contributed by atoms with van der Waals surface area (Å²) >= 11 is 0. The van der Waals surface area contributed by atoms with Crippen molar-refractivity contribution in [2.45, 2.75) is 19.4 Å². The average Bonchev–Trinajstić information content (AvgIpc) is 2.41. The van der Waals surface area contributed by atoms with Gasteiger partial charge in [0.1, 0.15) is 23.1 Å². The number of piperazine rings is 1. The number of aromatic carboxylic acids is 1. The number of carbonyl (C=O) groups is 2. The molecule has 0 radical (unpaired) electrons. The van der Waals surface area contributed by atoms with Crippen LogP contribution in [0.2, 0.25) is 0 Å². The van der Waals surface area contributed by atoms with E-state index >= 15 is 0 Å². The fourth-order valence-electron chi connectivity index (χ4n) is 2.20. The molecule has 0 spiro atoms. The normalized spacial score (nSPS) is 17.2. The third-order valence-corrected chi connectivity index (χ3v) is 3.42. The minimum absolute atomic E-state index is 0.217. The summed E-state index contributed by atoms with van der Waals surface area (Å²) in [6.45, 7) is 4.17. The van der Waals surface area contributed by atoms with Crippen molar-refractivity contribution in [3.8, 4) is 0 Å². The fourth-order valence-corrected chi connectivity index (χ4v) is 2.20. The van der Waals surface area contributed by atoms with Crippen molar-refractivity contribution in [3.63, 3.8) is 0 Å². The van der Waals surface area contributed by atoms with Crippen LogP contribution < -0.4 is 10.2 Å². The Kier molecular flexibility index (Phi) is 3.50. The lowest BCUT2D eigenvalue weighted by Gasteiger charge is -2.42. The number of carboxylic acid groups (broad SMARTS) is 1. The molecule has 1 saturated heterocycles. The number of anilines is 1. The molecule has 1 amide bonds. The van der Waals surface area contributed by atoms with Crippen molar-refractivity contribution in [1.82, 2.24) is 10.3 Å². The highest BCUT2D eigenvalue weighted by molar-refractivity contribution is 5.94. The van der Waals surface area contributed by atoms with Gasteiger partial charge in [-0.1, -0.05) is 0 Å². The Morgan fingerprint density at radius 1 is 1.57 bits per heavy atom. The molecule has 1 aliphatic heterocycles. The van der Waals surface area contributed by atoms with E-state index in [0.29, 0.717) is 13.1 Å². The lowest BCUT2D eigenvalue weighted by atomic mass is 9.98. The first-order valence-corrected chi connectivity index (χ1v) is 6.19. The second-order valence-electron chi connectivity index (χ2n) is 5.09. The Labute approximate surface area is 119 Å². The van der Waals surface area contributed by atoms with Crippen LogP contribution in [0.5, 0.6) is 0 Å². The van der Waals surface area contributed by atoms with Gasteiger partial charge in [0.2, 0.25) is 5.91 Å². The Morgan fingerprint density at radius 2 is 2.24 bits per heavy atom. The van der Waals surface area contributed by atoms with Gasteiger partial charge in [0.15, 0.2) is 0 Å². The number of amides is 1. The van der Waals surface area contributed by atoms with Crippen molar-refractivity contribution in [2.75, 3.05) is 18.0 Å². The maximum absolute atomic E-state index is 11.9. The van der Waals surface area contributed by atoms with Gasteiger partial charge >= 0.3 is 11.7 Å². The van der Waals surface area contributed by atoms with Crippen LogP contribution in [-0.2, 0) is 4.79 Å². The number of carboxylic acids is 1. The molecule has 21 heavy (non-hydrogen) atoms. The second-order valence-corrected chi connectivity index (χ2v) is 5.09. The molecular weight excluding hydrogens is 280 g/mol. The molecule has 1 aromatic rings. The van der Waals surface area contributed by atoms with Gasteiger partial charge in [-0.25, -0.2) is 9.78 Å². The molecular formula is C12H14N4O5. The zero-order chi connectivity index (χ0) is 15.8. The zero-order valence-corrected chi connectivity index (χ0v) is 11.5. The topological polar surface area (TPSA) is 126 Å². The third kappa shape index (κ3) is 2.49. The van der Waals surface area contributed by atoms with Gasteiger partial charge in [-0.15, -0.1) is 0 Å². The third-order valence-electron chi connectivity index (χ3n) is 3.42. The SMILES string of the molecule is CC1(C)C(=O)NCCN1c1cc(C(=O)O)c([N+](=O)[O-])cn1. The highest BCUT2D eigenvalue weighted by Gasteiger charge is 2.39. The molecule has 0 aliphatic carbocycles. The van der Waals surface area contributed by atoms with Crippen LogP contribution in [0, 0.1) is 10.1 Å². The van der Waals surface area contributed by atoms with E-state index in [4.69, 9.17) is 5.11 Å². The number of nitro groups is 1. The van der Waals surface area contributed by atoms with E-state index in [-0.39, 0.29) is 11.7 Å². The molecule has 9 nitrogen and oxygen atoms in total. The van der Waals surface area contributed by atoms with Gasteiger partial charge in [0.05, 0.1) is 4.92 Å². The molecule has 9 heteroatoms. The second kappa shape index (κ2) is 5.00. The van der Waals surface area contributed by atoms with Crippen molar-refractivity contribution < 1.29 is 19.6 Å². The molecule has 1 aromatic heterocycles. The van der Waals surface area contributed by atoms with E-state index < -0.39 is 27.7 Å². The van der Waals surface area contributed by atoms with Gasteiger partial charge in [-0.05, 0) is 13.8 Å². The molecule has 2 N–H and O–H groups in total. The van der Waals surface area contributed by atoms with Crippen molar-refractivity contribution in [3.05, 3.63) is 27.9 Å². The summed E-state index contributed by atoms with van der Waals surface area (Å²) in [5.74, 6) is -1.41. The van der Waals surface area contributed by atoms with E-state index in [1.807, 2.05) is 0 Å². The van der Waals surface area contributed by atoms with E-state index in [9.17, 15) is 19.7 Å². The van der Waals surface area contributed by atoms with E-state index in [1.165, 1.54) is 0 Å². The maximum Gasteiger partial charge on any atom is 0.342 e. The maximum atomic E-state index is 11.9. The van der Waals surface area contributed by atoms with Crippen LogP contribution in [0.1, 0.15) is 24.2 Å². The number of hydrogen-bond donors (Lipinski definition) is 2. The first-order valence-electron chi connectivity index (χ1n) is 6.19. The number of nitrogens with one attached hydrogen (secondary N) is 1. The van der Waals surface area contributed by atoms with Gasteiger partial charge in [0.25, 0.3) is 0 Å². The Hall–Kier alpha value is -2.71. The van der Waals surface area contributed by atoms with Gasteiger partial charge in [-0.3, -0.25) is 14.9 Å². The Morgan fingerprint density at radius 3 is 2.81 bits per heavy atom. The monoisotopic (exact) mass is 294 g/mol. The number of hydrogen-bond acceptors (Lipinski definition) is 6. The standard InChI is InChI=1S/C12H14N4O5/c1-12(2)11(19)13-3-4-15(12)9-5-7(10(17)18)8(6-14-9)16(20)21/h5-6H,3-4H2,1-2H3,(H,13,19)(H,17,18). The van der Waals surface area contributed by atoms with E-state index in [0.717, 1.165) is 12.3 Å². The molecule has 2 rings (SSSR count). The first kappa shape index (κ1) is 14.7. The Bertz CT molecular complexity index is 628. The van der Waals surface area contributed by atoms with Crippen molar-refractivity contribution in [2.24, 2.45) is 0 Å². The fraction of sp³-hybridized carbons (Fsp3) is 0.417. The number of aromatic nitrogens is 1. The molecule has 0 unspecified atom stereocenters. The molecule has 0 atom stereocenters. The number of rotatable bonds is 3. The summed E-state index contributed by atoms with van der Waals surface area (Å²) in [7, 11) is 0. The predicted octanol–water partition coefficient (Wildman–Crippen LogP) is 0.403. The zero-order valence-electron chi connectivity index (χ0n) is 11.5. The van der Waals surface area contributed by atoms with Crippen LogP contribution >= 0.6 is 0 Å². The van der Waals surface area contributed by atoms with Crippen LogP contribution in [0.4, 0.5) is 11.5 Å². The molecule has 1 aliphatic rings. The largest absolute Gasteiger partial charge is 0.477 e. The van der Waals surface area contributed by atoms with Crippen LogP contribution in [0.15, 0.2) is 12.3 Å². The predicted molar refractivity (Wildman–Crippen MR) is 72.3 cm³/mol. The highest BCUT2D eigenvalue weighted by Crippen LogP contribution is 2.28. The summed E-state index contributed by atoms with van der Waals surface area (Å²) in [5, 5.41) is 22.6. The molecule has 0 saturated carbocycles. The minimum atomic E-state index is -1.41. The molecule has 0 aromatic carbocycles. The van der Waals surface area contributed by atoms with Crippen LogP contribution in [0.25, 0.3) is 0 Å². The minimum Gasteiger partial charge on any atom is -0.477 e. The van der Waals surface area contributed by atoms with Gasteiger partial charge in [0, 0.05) is 19.2 Å². The van der Waals surface area contributed by atoms with Crippen molar-refractivity contribution >= 4 is 23.4 Å². The van der Waals surface area contributed by atoms with E-state index in [2.05, 4.69) is 10.3 Å². The summed E-state index contributed by atoms with van der Waals surface area (Å²) in [4.78, 5) is 38.6. The van der Waals surface area contributed by atoms with Crippen molar-refractivity contribution in [1.29, 1.82) is 0 Å². The summed E-state index contributed by atoms with van der Waals surface area (Å²) in [6, 6.07) is 1.13. The van der Waals surface area contributed by atoms with E-state index in [1.54, 1.807) is 18.7 Å². The Balaban J connectivity index is 2.50.